The summed E-state index contributed by atoms with van der Waals surface area (Å²) in [5.74, 6) is -0.950. The number of benzene rings is 1. The van der Waals surface area contributed by atoms with Crippen molar-refractivity contribution < 1.29 is 14.3 Å². The van der Waals surface area contributed by atoms with Gasteiger partial charge in [-0.2, -0.15) is 0 Å². The van der Waals surface area contributed by atoms with Gasteiger partial charge >= 0.3 is 11.8 Å². The number of hydrogen-bond acceptors (Lipinski definition) is 4. The molecule has 0 atom stereocenters. The van der Waals surface area contributed by atoms with Crippen LogP contribution in [0.1, 0.15) is 5.56 Å². The first-order valence-corrected chi connectivity index (χ1v) is 6.81. The predicted octanol–water partition coefficient (Wildman–Crippen LogP) is 2.00. The van der Waals surface area contributed by atoms with Crippen LogP contribution < -0.4 is 15.4 Å². The molecular formula is C15H14ClN3O3. The van der Waals surface area contributed by atoms with Gasteiger partial charge in [0.05, 0.1) is 12.8 Å². The van der Waals surface area contributed by atoms with Crippen molar-refractivity contribution in [3.05, 3.63) is 53.3 Å². The van der Waals surface area contributed by atoms with E-state index in [2.05, 4.69) is 15.6 Å². The second kappa shape index (κ2) is 7.42. The smallest absolute Gasteiger partial charge is 0.313 e. The zero-order chi connectivity index (χ0) is 15.9. The van der Waals surface area contributed by atoms with Crippen molar-refractivity contribution in [2.24, 2.45) is 0 Å². The van der Waals surface area contributed by atoms with Gasteiger partial charge in [0.25, 0.3) is 0 Å². The van der Waals surface area contributed by atoms with E-state index in [0.717, 1.165) is 5.56 Å². The first-order chi connectivity index (χ1) is 10.6. The van der Waals surface area contributed by atoms with Crippen molar-refractivity contribution in [1.82, 2.24) is 10.3 Å². The van der Waals surface area contributed by atoms with Gasteiger partial charge in [0.2, 0.25) is 0 Å². The minimum Gasteiger partial charge on any atom is -0.496 e. The van der Waals surface area contributed by atoms with Crippen molar-refractivity contribution in [3.63, 3.8) is 0 Å². The fraction of sp³-hybridized carbons (Fsp3) is 0.133. The van der Waals surface area contributed by atoms with Crippen LogP contribution in [0.2, 0.25) is 5.15 Å². The minimum absolute atomic E-state index is 0.119. The molecule has 1 heterocycles. The van der Waals surface area contributed by atoms with E-state index in [-0.39, 0.29) is 17.4 Å². The van der Waals surface area contributed by atoms with Crippen LogP contribution >= 0.6 is 11.6 Å². The van der Waals surface area contributed by atoms with Crippen LogP contribution in [0, 0.1) is 0 Å². The Hall–Kier alpha value is -2.60. The van der Waals surface area contributed by atoms with Crippen LogP contribution in [0.25, 0.3) is 0 Å². The molecule has 0 radical (unpaired) electrons. The first-order valence-electron chi connectivity index (χ1n) is 6.43. The summed E-state index contributed by atoms with van der Waals surface area (Å²) in [4.78, 5) is 27.4. The maximum Gasteiger partial charge on any atom is 0.313 e. The number of halogens is 1. The lowest BCUT2D eigenvalue weighted by Crippen LogP contribution is -2.35. The quantitative estimate of drug-likeness (QED) is 0.667. The third kappa shape index (κ3) is 3.95. The number of rotatable bonds is 4. The van der Waals surface area contributed by atoms with Gasteiger partial charge in [-0.3, -0.25) is 9.59 Å². The number of amides is 2. The van der Waals surface area contributed by atoms with Crippen molar-refractivity contribution >= 4 is 29.1 Å². The summed E-state index contributed by atoms with van der Waals surface area (Å²) < 4.78 is 5.17. The summed E-state index contributed by atoms with van der Waals surface area (Å²) in [5.41, 5.74) is 1.05. The average Bonchev–Trinajstić information content (AvgIpc) is 2.54. The van der Waals surface area contributed by atoms with Gasteiger partial charge < -0.3 is 15.4 Å². The summed E-state index contributed by atoms with van der Waals surface area (Å²) >= 11 is 5.81. The summed E-state index contributed by atoms with van der Waals surface area (Å²) in [5, 5.41) is 5.04. The highest BCUT2D eigenvalue weighted by Gasteiger charge is 2.15. The first kappa shape index (κ1) is 15.8. The molecule has 2 aromatic rings. The van der Waals surface area contributed by atoms with E-state index >= 15 is 0 Å². The topological polar surface area (TPSA) is 80.3 Å². The van der Waals surface area contributed by atoms with E-state index < -0.39 is 11.8 Å². The number of para-hydroxylation sites is 1. The van der Waals surface area contributed by atoms with E-state index in [4.69, 9.17) is 16.3 Å². The average molecular weight is 320 g/mol. The van der Waals surface area contributed by atoms with Gasteiger partial charge in [0.1, 0.15) is 5.75 Å². The molecule has 0 saturated heterocycles. The van der Waals surface area contributed by atoms with Gasteiger partial charge in [0.15, 0.2) is 5.15 Å². The fourth-order valence-corrected chi connectivity index (χ4v) is 1.93. The Morgan fingerprint density at radius 2 is 1.95 bits per heavy atom. The Morgan fingerprint density at radius 3 is 2.68 bits per heavy atom. The van der Waals surface area contributed by atoms with Gasteiger partial charge in [0, 0.05) is 18.3 Å². The molecule has 0 aliphatic carbocycles. The lowest BCUT2D eigenvalue weighted by atomic mass is 10.2. The van der Waals surface area contributed by atoms with Crippen LogP contribution in [-0.4, -0.2) is 23.9 Å². The Balaban J connectivity index is 1.95. The predicted molar refractivity (Wildman–Crippen MR) is 82.7 cm³/mol. The highest BCUT2D eigenvalue weighted by molar-refractivity contribution is 6.41. The summed E-state index contributed by atoms with van der Waals surface area (Å²) in [6, 6.07) is 10.4. The molecule has 22 heavy (non-hydrogen) atoms. The number of anilines is 1. The molecule has 6 nitrogen and oxygen atoms in total. The number of hydrogen-bond donors (Lipinski definition) is 2. The molecule has 0 spiro atoms. The van der Waals surface area contributed by atoms with Crippen LogP contribution in [-0.2, 0) is 16.1 Å². The Labute approximate surface area is 132 Å². The number of nitrogens with zero attached hydrogens (tertiary/aromatic N) is 1. The van der Waals surface area contributed by atoms with Crippen LogP contribution in [0.3, 0.4) is 0 Å². The highest BCUT2D eigenvalue weighted by Crippen LogP contribution is 2.18. The normalized spacial score (nSPS) is 9.91. The lowest BCUT2D eigenvalue weighted by Gasteiger charge is -2.10. The molecule has 0 saturated carbocycles. The van der Waals surface area contributed by atoms with Gasteiger partial charge in [-0.1, -0.05) is 29.8 Å². The van der Waals surface area contributed by atoms with Crippen LogP contribution in [0.5, 0.6) is 5.75 Å². The molecule has 0 aliphatic rings. The number of methoxy groups -OCH3 is 1. The number of pyridine rings is 1. The van der Waals surface area contributed by atoms with E-state index in [9.17, 15) is 9.59 Å². The Kier molecular flexibility index (Phi) is 5.32. The maximum atomic E-state index is 11.8. The third-order valence-corrected chi connectivity index (χ3v) is 3.15. The fourth-order valence-electron chi connectivity index (χ4n) is 1.76. The molecule has 2 amide bonds. The number of ether oxygens (including phenoxy) is 1. The molecule has 0 unspecified atom stereocenters. The van der Waals surface area contributed by atoms with Crippen molar-refractivity contribution in [2.45, 2.75) is 6.54 Å². The molecule has 0 aliphatic heterocycles. The van der Waals surface area contributed by atoms with Crippen molar-refractivity contribution in [1.29, 1.82) is 0 Å². The SMILES string of the molecule is COc1ccccc1CNC(=O)C(=O)Nc1cccnc1Cl. The third-order valence-electron chi connectivity index (χ3n) is 2.85. The highest BCUT2D eigenvalue weighted by atomic mass is 35.5. The van der Waals surface area contributed by atoms with Gasteiger partial charge in [-0.15, -0.1) is 0 Å². The van der Waals surface area contributed by atoms with Crippen molar-refractivity contribution in [3.8, 4) is 5.75 Å². The van der Waals surface area contributed by atoms with E-state index in [1.807, 2.05) is 12.1 Å². The number of aromatic nitrogens is 1. The largest absolute Gasteiger partial charge is 0.496 e. The molecule has 1 aromatic carbocycles. The standard InChI is InChI=1S/C15H14ClN3O3/c1-22-12-7-3-2-5-10(12)9-18-14(20)15(21)19-11-6-4-8-17-13(11)16/h2-8H,9H2,1H3,(H,18,20)(H,19,21). The Morgan fingerprint density at radius 1 is 1.18 bits per heavy atom. The monoisotopic (exact) mass is 319 g/mol. The van der Waals surface area contributed by atoms with Gasteiger partial charge in [-0.05, 0) is 18.2 Å². The molecular weight excluding hydrogens is 306 g/mol. The molecule has 1 aromatic heterocycles. The number of nitrogens with one attached hydrogen (secondary N) is 2. The molecule has 2 N–H and O–H groups in total. The summed E-state index contributed by atoms with van der Waals surface area (Å²) in [7, 11) is 1.54. The van der Waals surface area contributed by atoms with Gasteiger partial charge in [-0.25, -0.2) is 4.98 Å². The molecule has 2 rings (SSSR count). The van der Waals surface area contributed by atoms with E-state index in [1.54, 1.807) is 24.3 Å². The van der Waals surface area contributed by atoms with Crippen LogP contribution in [0.4, 0.5) is 5.69 Å². The lowest BCUT2D eigenvalue weighted by molar-refractivity contribution is -0.136. The molecule has 0 fully saturated rings. The van der Waals surface area contributed by atoms with E-state index in [0.29, 0.717) is 5.75 Å². The maximum absolute atomic E-state index is 11.8. The summed E-state index contributed by atoms with van der Waals surface area (Å²) in [6.45, 7) is 0.178. The van der Waals surface area contributed by atoms with E-state index in [1.165, 1.54) is 13.3 Å². The zero-order valence-electron chi connectivity index (χ0n) is 11.8. The molecule has 0 bridgehead atoms. The van der Waals surface area contributed by atoms with Crippen LogP contribution in [0.15, 0.2) is 42.6 Å². The minimum atomic E-state index is -0.815. The second-order valence-electron chi connectivity index (χ2n) is 4.29. The number of carbonyl (C=O) groups is 2. The van der Waals surface area contributed by atoms with Crippen molar-refractivity contribution in [2.75, 3.05) is 12.4 Å². The molecule has 7 heteroatoms. The number of carbonyl (C=O) groups excluding carboxylic acids is 2. The Bertz CT molecular complexity index is 691. The second-order valence-corrected chi connectivity index (χ2v) is 4.65. The molecule has 114 valence electrons. The zero-order valence-corrected chi connectivity index (χ0v) is 12.6. The summed E-state index contributed by atoms with van der Waals surface area (Å²) in [6.07, 6.45) is 1.49.